The Bertz CT molecular complexity index is 616. The number of halogens is 1. The van der Waals surface area contributed by atoms with Crippen LogP contribution in [-0.2, 0) is 0 Å². The van der Waals surface area contributed by atoms with Crippen molar-refractivity contribution in [2.24, 2.45) is 0 Å². The molecule has 0 saturated carbocycles. The van der Waals surface area contributed by atoms with Gasteiger partial charge in [-0.15, -0.1) is 0 Å². The third-order valence-corrected chi connectivity index (χ3v) is 4.42. The molecule has 1 fully saturated rings. The van der Waals surface area contributed by atoms with Crippen molar-refractivity contribution >= 4 is 28.2 Å². The Kier molecular flexibility index (Phi) is 3.84. The fraction of sp³-hybridized carbons (Fsp3) is 0.471. The summed E-state index contributed by atoms with van der Waals surface area (Å²) in [6, 6.07) is 8.72. The average molecular weight is 289 g/mol. The van der Waals surface area contributed by atoms with Gasteiger partial charge in [0.2, 0.25) is 0 Å². The van der Waals surface area contributed by atoms with Crippen LogP contribution in [0.15, 0.2) is 24.3 Å². The Morgan fingerprint density at radius 1 is 1.10 bits per heavy atom. The number of benzene rings is 1. The molecule has 0 unspecified atom stereocenters. The fourth-order valence-corrected chi connectivity index (χ4v) is 3.27. The van der Waals surface area contributed by atoms with Crippen molar-refractivity contribution in [1.29, 1.82) is 0 Å². The van der Waals surface area contributed by atoms with E-state index in [4.69, 9.17) is 11.6 Å². The number of hydrogen-bond donors (Lipinski definition) is 0. The van der Waals surface area contributed by atoms with Crippen LogP contribution in [0.5, 0.6) is 0 Å². The van der Waals surface area contributed by atoms with Crippen molar-refractivity contribution in [3.63, 3.8) is 0 Å². The summed E-state index contributed by atoms with van der Waals surface area (Å²) in [6.45, 7) is 6.65. The number of anilines is 1. The van der Waals surface area contributed by atoms with Crippen LogP contribution in [0.2, 0.25) is 5.15 Å². The van der Waals surface area contributed by atoms with E-state index in [9.17, 15) is 0 Å². The topological polar surface area (TPSA) is 16.1 Å². The van der Waals surface area contributed by atoms with Crippen LogP contribution in [0.3, 0.4) is 0 Å². The van der Waals surface area contributed by atoms with Gasteiger partial charge in [0.05, 0.1) is 5.52 Å². The summed E-state index contributed by atoms with van der Waals surface area (Å²) in [5.74, 6) is 0.401. The van der Waals surface area contributed by atoms with Crippen molar-refractivity contribution < 1.29 is 0 Å². The average Bonchev–Trinajstić information content (AvgIpc) is 2.47. The van der Waals surface area contributed by atoms with Crippen molar-refractivity contribution in [2.75, 3.05) is 18.0 Å². The Labute approximate surface area is 125 Å². The summed E-state index contributed by atoms with van der Waals surface area (Å²) in [6.07, 6.45) is 3.96. The van der Waals surface area contributed by atoms with Crippen molar-refractivity contribution in [2.45, 2.75) is 39.0 Å². The number of aromatic nitrogens is 1. The highest BCUT2D eigenvalue weighted by Crippen LogP contribution is 2.29. The number of nitrogens with zero attached hydrogens (tertiary/aromatic N) is 2. The van der Waals surface area contributed by atoms with Crippen LogP contribution in [0.1, 0.15) is 44.6 Å². The number of hydrogen-bond acceptors (Lipinski definition) is 2. The molecule has 0 aliphatic carbocycles. The fourth-order valence-electron chi connectivity index (χ4n) is 2.91. The first kappa shape index (κ1) is 13.7. The van der Waals surface area contributed by atoms with Crippen LogP contribution >= 0.6 is 11.6 Å². The third kappa shape index (κ3) is 2.62. The standard InChI is InChI=1S/C17H21ClN2/c1-12(2)15-11-13-10-14(20-8-4-3-5-9-20)6-7-16(13)19-17(15)18/h6-7,10-12H,3-5,8-9H2,1-2H3. The Morgan fingerprint density at radius 2 is 1.85 bits per heavy atom. The second kappa shape index (κ2) is 5.61. The lowest BCUT2D eigenvalue weighted by atomic mass is 10.0. The van der Waals surface area contributed by atoms with Crippen LogP contribution in [0.4, 0.5) is 5.69 Å². The maximum Gasteiger partial charge on any atom is 0.133 e. The Hall–Kier alpha value is -1.28. The molecule has 1 aliphatic heterocycles. The smallest absolute Gasteiger partial charge is 0.133 e. The first-order valence-corrected chi connectivity index (χ1v) is 7.88. The second-order valence-corrected chi connectivity index (χ2v) is 6.31. The highest BCUT2D eigenvalue weighted by Gasteiger charge is 2.13. The number of fused-ring (bicyclic) bond motifs is 1. The van der Waals surface area contributed by atoms with Gasteiger partial charge in [0.1, 0.15) is 5.15 Å². The number of piperidine rings is 1. The molecule has 0 spiro atoms. The Balaban J connectivity index is 2.02. The first-order valence-electron chi connectivity index (χ1n) is 7.50. The zero-order valence-corrected chi connectivity index (χ0v) is 13.0. The lowest BCUT2D eigenvalue weighted by Gasteiger charge is -2.29. The number of rotatable bonds is 2. The van der Waals surface area contributed by atoms with Crippen LogP contribution in [-0.4, -0.2) is 18.1 Å². The van der Waals surface area contributed by atoms with Crippen molar-refractivity contribution in [1.82, 2.24) is 4.98 Å². The summed E-state index contributed by atoms with van der Waals surface area (Å²) in [5, 5.41) is 1.83. The molecular weight excluding hydrogens is 268 g/mol. The molecule has 0 bridgehead atoms. The van der Waals surface area contributed by atoms with Crippen LogP contribution in [0, 0.1) is 0 Å². The normalized spacial score (nSPS) is 16.1. The predicted octanol–water partition coefficient (Wildman–Crippen LogP) is 5.00. The quantitative estimate of drug-likeness (QED) is 0.723. The molecule has 2 heterocycles. The largest absolute Gasteiger partial charge is 0.372 e. The zero-order chi connectivity index (χ0) is 14.1. The van der Waals surface area contributed by atoms with E-state index in [2.05, 4.69) is 48.0 Å². The molecule has 0 amide bonds. The predicted molar refractivity (Wildman–Crippen MR) is 86.9 cm³/mol. The van der Waals surface area contributed by atoms with Gasteiger partial charge in [0.15, 0.2) is 0 Å². The van der Waals surface area contributed by atoms with E-state index in [1.165, 1.54) is 43.4 Å². The molecule has 0 radical (unpaired) electrons. The van der Waals surface area contributed by atoms with Gasteiger partial charge >= 0.3 is 0 Å². The van der Waals surface area contributed by atoms with Crippen molar-refractivity contribution in [3.05, 3.63) is 35.0 Å². The van der Waals surface area contributed by atoms with Gasteiger partial charge < -0.3 is 4.90 Å². The van der Waals surface area contributed by atoms with Crippen molar-refractivity contribution in [3.8, 4) is 0 Å². The summed E-state index contributed by atoms with van der Waals surface area (Å²) in [5.41, 5.74) is 3.44. The summed E-state index contributed by atoms with van der Waals surface area (Å²) < 4.78 is 0. The van der Waals surface area contributed by atoms with E-state index in [0.717, 1.165) is 11.1 Å². The lowest BCUT2D eigenvalue weighted by Crippen LogP contribution is -2.29. The van der Waals surface area contributed by atoms with Crippen LogP contribution in [0.25, 0.3) is 10.9 Å². The van der Waals surface area contributed by atoms with E-state index in [1.54, 1.807) is 0 Å². The molecule has 20 heavy (non-hydrogen) atoms. The minimum atomic E-state index is 0.401. The molecule has 106 valence electrons. The molecule has 3 rings (SSSR count). The summed E-state index contributed by atoms with van der Waals surface area (Å²) in [7, 11) is 0. The molecule has 0 N–H and O–H groups in total. The van der Waals surface area contributed by atoms with E-state index in [0.29, 0.717) is 11.1 Å². The highest BCUT2D eigenvalue weighted by atomic mass is 35.5. The third-order valence-electron chi connectivity index (χ3n) is 4.12. The lowest BCUT2D eigenvalue weighted by molar-refractivity contribution is 0.578. The molecule has 1 saturated heterocycles. The summed E-state index contributed by atoms with van der Waals surface area (Å²) >= 11 is 6.27. The maximum atomic E-state index is 6.27. The van der Waals surface area contributed by atoms with E-state index in [1.807, 2.05) is 0 Å². The first-order chi connectivity index (χ1) is 9.65. The maximum absolute atomic E-state index is 6.27. The van der Waals surface area contributed by atoms with Gasteiger partial charge in [-0.2, -0.15) is 0 Å². The molecule has 2 aromatic rings. The molecule has 3 heteroatoms. The molecule has 1 aliphatic rings. The molecule has 2 nitrogen and oxygen atoms in total. The van der Waals surface area contributed by atoms with Crippen LogP contribution < -0.4 is 4.90 Å². The van der Waals surface area contributed by atoms with Gasteiger partial charge in [-0.05, 0) is 55.0 Å². The molecular formula is C17H21ClN2. The number of pyridine rings is 1. The van der Waals surface area contributed by atoms with E-state index in [-0.39, 0.29) is 0 Å². The van der Waals surface area contributed by atoms with Gasteiger partial charge in [0, 0.05) is 24.2 Å². The van der Waals surface area contributed by atoms with Gasteiger partial charge in [0.25, 0.3) is 0 Å². The minimum absolute atomic E-state index is 0.401. The van der Waals surface area contributed by atoms with E-state index < -0.39 is 0 Å². The van der Waals surface area contributed by atoms with Gasteiger partial charge in [-0.1, -0.05) is 25.4 Å². The zero-order valence-electron chi connectivity index (χ0n) is 12.2. The molecule has 1 aromatic carbocycles. The SMILES string of the molecule is CC(C)c1cc2cc(N3CCCCC3)ccc2nc1Cl. The second-order valence-electron chi connectivity index (χ2n) is 5.95. The Morgan fingerprint density at radius 3 is 2.55 bits per heavy atom. The monoisotopic (exact) mass is 288 g/mol. The summed E-state index contributed by atoms with van der Waals surface area (Å²) in [4.78, 5) is 7.01. The van der Waals surface area contributed by atoms with Gasteiger partial charge in [-0.3, -0.25) is 0 Å². The highest BCUT2D eigenvalue weighted by molar-refractivity contribution is 6.30. The van der Waals surface area contributed by atoms with E-state index >= 15 is 0 Å². The van der Waals surface area contributed by atoms with Gasteiger partial charge in [-0.25, -0.2) is 4.98 Å². The molecule has 0 atom stereocenters. The minimum Gasteiger partial charge on any atom is -0.372 e. The molecule has 1 aromatic heterocycles.